The van der Waals surface area contributed by atoms with Crippen LogP contribution in [0.4, 0.5) is 0 Å². The molecule has 0 saturated heterocycles. The van der Waals surface area contributed by atoms with E-state index in [4.69, 9.17) is 39.3 Å². The van der Waals surface area contributed by atoms with E-state index in [0.29, 0.717) is 31.9 Å². The summed E-state index contributed by atoms with van der Waals surface area (Å²) in [7, 11) is 0. The first-order valence-electron chi connectivity index (χ1n) is 12.0. The second-order valence-electron chi connectivity index (χ2n) is 8.77. The third kappa shape index (κ3) is 5.90. The van der Waals surface area contributed by atoms with Gasteiger partial charge in [0.1, 0.15) is 6.04 Å². The summed E-state index contributed by atoms with van der Waals surface area (Å²) >= 11 is 13.7. The number of carbonyl (C=O) groups is 2. The highest BCUT2D eigenvalue weighted by molar-refractivity contribution is 7.17. The second kappa shape index (κ2) is 11.7. The van der Waals surface area contributed by atoms with E-state index >= 15 is 0 Å². The van der Waals surface area contributed by atoms with Gasteiger partial charge in [-0.15, -0.1) is 11.3 Å². The van der Waals surface area contributed by atoms with Gasteiger partial charge in [0.25, 0.3) is 5.91 Å². The van der Waals surface area contributed by atoms with E-state index in [1.807, 2.05) is 30.3 Å². The molecule has 198 valence electrons. The summed E-state index contributed by atoms with van der Waals surface area (Å²) in [5.41, 5.74) is 9.78. The molecule has 1 atom stereocenters. The molecule has 3 heterocycles. The molecule has 0 bridgehead atoms. The number of hydrogen-bond acceptors (Lipinski definition) is 6. The Bertz CT molecular complexity index is 1740. The lowest BCUT2D eigenvalue weighted by Crippen LogP contribution is -2.45. The number of nitrogens with zero attached hydrogens (tertiary/aromatic N) is 4. The van der Waals surface area contributed by atoms with Crippen LogP contribution < -0.4 is 11.1 Å². The van der Waals surface area contributed by atoms with Crippen molar-refractivity contribution >= 4 is 46.4 Å². The highest BCUT2D eigenvalue weighted by Crippen LogP contribution is 2.34. The van der Waals surface area contributed by atoms with Crippen LogP contribution in [0.25, 0.3) is 27.5 Å². The van der Waals surface area contributed by atoms with Crippen LogP contribution in [0.3, 0.4) is 0 Å². The predicted octanol–water partition coefficient (Wildman–Crippen LogP) is 5.67. The zero-order valence-corrected chi connectivity index (χ0v) is 23.0. The van der Waals surface area contributed by atoms with Crippen LogP contribution in [0.15, 0.2) is 85.2 Å². The molecule has 40 heavy (non-hydrogen) atoms. The second-order valence-corrected chi connectivity index (χ2v) is 10.7. The van der Waals surface area contributed by atoms with Crippen LogP contribution in [0.5, 0.6) is 0 Å². The summed E-state index contributed by atoms with van der Waals surface area (Å²) < 4.78 is 1.73. The number of carbonyl (C=O) groups excluding carboxylic acids is 2. The van der Waals surface area contributed by atoms with Gasteiger partial charge in [-0.3, -0.25) is 14.6 Å². The molecule has 0 fully saturated rings. The lowest BCUT2D eigenvalue weighted by molar-refractivity contribution is -0.119. The molecule has 0 radical (unpaired) electrons. The van der Waals surface area contributed by atoms with E-state index in [0.717, 1.165) is 21.7 Å². The maximum Gasteiger partial charge on any atom is 0.262 e. The molecule has 8 nitrogen and oxygen atoms in total. The Kier molecular flexibility index (Phi) is 7.94. The monoisotopic (exact) mass is 586 g/mol. The smallest absolute Gasteiger partial charge is 0.262 e. The molecule has 11 heteroatoms. The first kappa shape index (κ1) is 27.1. The predicted molar refractivity (Wildman–Crippen MR) is 155 cm³/mol. The lowest BCUT2D eigenvalue weighted by atomic mass is 10.0. The molecule has 2 aromatic carbocycles. The number of primary amides is 1. The minimum absolute atomic E-state index is 0.198. The lowest BCUT2D eigenvalue weighted by Gasteiger charge is -2.15. The Morgan fingerprint density at radius 2 is 1.85 bits per heavy atom. The number of halogens is 2. The Hall–Kier alpha value is -4.49. The Labute approximate surface area is 243 Å². The molecule has 5 rings (SSSR count). The number of nitrogens with two attached hydrogens (primary N) is 1. The maximum absolute atomic E-state index is 13.1. The van der Waals surface area contributed by atoms with E-state index in [-0.39, 0.29) is 6.42 Å². The molecule has 0 spiro atoms. The van der Waals surface area contributed by atoms with E-state index in [9.17, 15) is 9.59 Å². The SMILES string of the molecule is N#Cc1ccc(C[C@H](NC(=O)c2ccc(-c3cc(-c4cccnc4)nn3-c3ccc(Cl)c(Cl)c3)s2)C(N)=O)cc1. The van der Waals surface area contributed by atoms with Gasteiger partial charge in [-0.25, -0.2) is 4.68 Å². The fourth-order valence-corrected chi connectivity index (χ4v) is 5.23. The van der Waals surface area contributed by atoms with Crippen molar-refractivity contribution in [1.82, 2.24) is 20.1 Å². The van der Waals surface area contributed by atoms with Crippen molar-refractivity contribution in [2.24, 2.45) is 5.73 Å². The quantitative estimate of drug-likeness (QED) is 0.242. The van der Waals surface area contributed by atoms with Gasteiger partial charge in [-0.2, -0.15) is 10.4 Å². The number of aromatic nitrogens is 3. The van der Waals surface area contributed by atoms with Gasteiger partial charge >= 0.3 is 0 Å². The summed E-state index contributed by atoms with van der Waals surface area (Å²) in [5, 5.41) is 17.3. The molecule has 0 aliphatic heterocycles. The normalized spacial score (nSPS) is 11.5. The Morgan fingerprint density at radius 3 is 2.52 bits per heavy atom. The Morgan fingerprint density at radius 1 is 1.05 bits per heavy atom. The third-order valence-electron chi connectivity index (χ3n) is 6.07. The van der Waals surface area contributed by atoms with Gasteiger partial charge < -0.3 is 11.1 Å². The summed E-state index contributed by atoms with van der Waals surface area (Å²) in [6, 6.07) is 22.2. The number of hydrogen-bond donors (Lipinski definition) is 2. The topological polar surface area (TPSA) is 127 Å². The molecule has 0 aliphatic carbocycles. The molecule has 2 amide bonds. The van der Waals surface area contributed by atoms with Crippen LogP contribution >= 0.6 is 34.5 Å². The molecule has 5 aromatic rings. The van der Waals surface area contributed by atoms with Crippen molar-refractivity contribution in [2.45, 2.75) is 12.5 Å². The van der Waals surface area contributed by atoms with Gasteiger partial charge in [-0.05, 0) is 66.2 Å². The summed E-state index contributed by atoms with van der Waals surface area (Å²) in [6.45, 7) is 0. The highest BCUT2D eigenvalue weighted by Gasteiger charge is 2.22. The molecule has 3 aromatic heterocycles. The number of nitriles is 1. The van der Waals surface area contributed by atoms with Crippen molar-refractivity contribution in [3.63, 3.8) is 0 Å². The number of benzene rings is 2. The highest BCUT2D eigenvalue weighted by atomic mass is 35.5. The van der Waals surface area contributed by atoms with Gasteiger partial charge in [0.05, 0.1) is 48.5 Å². The number of rotatable bonds is 8. The van der Waals surface area contributed by atoms with E-state index in [2.05, 4.69) is 10.3 Å². The first-order chi connectivity index (χ1) is 19.3. The van der Waals surface area contributed by atoms with Crippen molar-refractivity contribution in [3.8, 4) is 33.6 Å². The summed E-state index contributed by atoms with van der Waals surface area (Å²) in [5.74, 6) is -1.09. The number of nitrogens with one attached hydrogen (secondary N) is 1. The number of thiophene rings is 1. The van der Waals surface area contributed by atoms with Crippen LogP contribution in [-0.2, 0) is 11.2 Å². The van der Waals surface area contributed by atoms with Gasteiger partial charge in [0.15, 0.2) is 0 Å². The van der Waals surface area contributed by atoms with E-state index in [1.165, 1.54) is 11.3 Å². The minimum Gasteiger partial charge on any atom is -0.368 e. The molecule has 0 unspecified atom stereocenters. The number of pyridine rings is 1. The van der Waals surface area contributed by atoms with Crippen molar-refractivity contribution < 1.29 is 9.59 Å². The summed E-state index contributed by atoms with van der Waals surface area (Å²) in [4.78, 5) is 30.6. The van der Waals surface area contributed by atoms with Crippen molar-refractivity contribution in [2.75, 3.05) is 0 Å². The van der Waals surface area contributed by atoms with Crippen LogP contribution in [0.1, 0.15) is 20.8 Å². The van der Waals surface area contributed by atoms with Crippen molar-refractivity contribution in [1.29, 1.82) is 5.26 Å². The largest absolute Gasteiger partial charge is 0.368 e. The fraction of sp³-hybridized carbons (Fsp3) is 0.0690. The molecular formula is C29H20Cl2N6O2S. The summed E-state index contributed by atoms with van der Waals surface area (Å²) in [6.07, 6.45) is 3.60. The average molecular weight is 587 g/mol. The standard InChI is InChI=1S/C29H20Cl2N6O2S/c30-21-8-7-20(13-22(21)31)37-25(14-23(36-37)19-2-1-11-34-16-19)26-9-10-27(40-26)29(39)35-24(28(33)38)12-17-3-5-18(15-32)6-4-17/h1-11,13-14,16,24H,12H2,(H2,33,38)(H,35,39)/t24-/m0/s1. The number of amides is 2. The maximum atomic E-state index is 13.1. The van der Waals surface area contributed by atoms with Crippen LogP contribution in [-0.4, -0.2) is 32.6 Å². The zero-order valence-electron chi connectivity index (χ0n) is 20.7. The fourth-order valence-electron chi connectivity index (χ4n) is 4.03. The molecular weight excluding hydrogens is 567 g/mol. The van der Waals surface area contributed by atoms with Gasteiger partial charge in [0.2, 0.25) is 5.91 Å². The zero-order chi connectivity index (χ0) is 28.2. The average Bonchev–Trinajstić information content (AvgIpc) is 3.63. The van der Waals surface area contributed by atoms with E-state index < -0.39 is 17.9 Å². The first-order valence-corrected chi connectivity index (χ1v) is 13.5. The molecule has 0 saturated carbocycles. The van der Waals surface area contributed by atoms with Crippen LogP contribution in [0.2, 0.25) is 10.0 Å². The molecule has 3 N–H and O–H groups in total. The van der Waals surface area contributed by atoms with Crippen LogP contribution in [0, 0.1) is 11.3 Å². The Balaban J connectivity index is 1.44. The van der Waals surface area contributed by atoms with Crippen molar-refractivity contribution in [3.05, 3.63) is 111 Å². The van der Waals surface area contributed by atoms with E-state index in [1.54, 1.807) is 65.6 Å². The van der Waals surface area contributed by atoms with Gasteiger partial charge in [-0.1, -0.05) is 35.3 Å². The third-order valence-corrected chi connectivity index (χ3v) is 7.91. The van der Waals surface area contributed by atoms with Gasteiger partial charge in [0, 0.05) is 24.4 Å². The molecule has 0 aliphatic rings. The minimum atomic E-state index is -0.926.